The van der Waals surface area contributed by atoms with Crippen molar-refractivity contribution in [3.8, 4) is 5.75 Å². The van der Waals surface area contributed by atoms with Gasteiger partial charge < -0.3 is 14.4 Å². The third-order valence-electron chi connectivity index (χ3n) is 5.52. The number of nitrogens with zero attached hydrogens (tertiary/aromatic N) is 3. The van der Waals surface area contributed by atoms with Crippen LogP contribution in [0.4, 0.5) is 0 Å². The molecule has 0 saturated carbocycles. The normalized spacial score (nSPS) is 15.5. The number of ether oxygens (including phenoxy) is 2. The van der Waals surface area contributed by atoms with E-state index in [9.17, 15) is 9.59 Å². The molecule has 0 bridgehead atoms. The molecule has 2 amide bonds. The first kappa shape index (κ1) is 24.7. The number of benzene rings is 2. The Morgan fingerprint density at radius 1 is 1.18 bits per heavy atom. The molecule has 1 aliphatic rings. The van der Waals surface area contributed by atoms with E-state index in [1.54, 1.807) is 26.4 Å². The molecule has 8 heteroatoms. The lowest BCUT2D eigenvalue weighted by molar-refractivity contribution is -0.143. The lowest BCUT2D eigenvalue weighted by Gasteiger charge is -2.28. The van der Waals surface area contributed by atoms with E-state index < -0.39 is 0 Å². The number of hydrogen-bond donors (Lipinski definition) is 0. The molecule has 0 saturated heterocycles. The summed E-state index contributed by atoms with van der Waals surface area (Å²) in [5.41, 5.74) is 2.59. The van der Waals surface area contributed by atoms with Crippen LogP contribution in [0.2, 0.25) is 5.02 Å². The first-order valence-electron chi connectivity index (χ1n) is 10.9. The highest BCUT2D eigenvalue weighted by molar-refractivity contribution is 6.30. The fourth-order valence-corrected chi connectivity index (χ4v) is 3.86. The molecule has 1 atom stereocenters. The van der Waals surface area contributed by atoms with E-state index in [1.807, 2.05) is 50.2 Å². The molecule has 7 nitrogen and oxygen atoms in total. The molecule has 1 aliphatic heterocycles. The first-order valence-corrected chi connectivity index (χ1v) is 11.3. The average Bonchev–Trinajstić information content (AvgIpc) is 3.27. The van der Waals surface area contributed by atoms with Crippen LogP contribution < -0.4 is 4.74 Å². The van der Waals surface area contributed by atoms with Crippen molar-refractivity contribution in [3.05, 3.63) is 64.7 Å². The van der Waals surface area contributed by atoms with Gasteiger partial charge in [0.1, 0.15) is 12.3 Å². The monoisotopic (exact) mass is 471 g/mol. The van der Waals surface area contributed by atoms with E-state index in [0.717, 1.165) is 22.6 Å². The number of amides is 2. The zero-order chi connectivity index (χ0) is 24.0. The van der Waals surface area contributed by atoms with Gasteiger partial charge in [-0.05, 0) is 29.8 Å². The van der Waals surface area contributed by atoms with Crippen LogP contribution in [0, 0.1) is 5.92 Å². The highest BCUT2D eigenvalue weighted by atomic mass is 35.5. The van der Waals surface area contributed by atoms with Gasteiger partial charge in [0.05, 0.1) is 25.5 Å². The Morgan fingerprint density at radius 2 is 1.91 bits per heavy atom. The molecule has 3 rings (SSSR count). The number of rotatable bonds is 9. The van der Waals surface area contributed by atoms with Gasteiger partial charge >= 0.3 is 0 Å². The van der Waals surface area contributed by atoms with Crippen LogP contribution >= 0.6 is 11.6 Å². The SMILES string of the molecule is COCCN(CC(=O)N1N=C(c2cccc(OC)c2)CC1c1ccc(Cl)cc1)C(=O)C(C)C. The van der Waals surface area contributed by atoms with E-state index >= 15 is 0 Å². The molecule has 2 aromatic carbocycles. The molecular weight excluding hydrogens is 442 g/mol. The van der Waals surface area contributed by atoms with Gasteiger partial charge in [0.25, 0.3) is 5.91 Å². The quantitative estimate of drug-likeness (QED) is 0.550. The Hall–Kier alpha value is -2.90. The number of halogens is 1. The summed E-state index contributed by atoms with van der Waals surface area (Å²) in [7, 11) is 3.18. The summed E-state index contributed by atoms with van der Waals surface area (Å²) >= 11 is 6.08. The number of methoxy groups -OCH3 is 2. The minimum absolute atomic E-state index is 0.0701. The van der Waals surface area contributed by atoms with Crippen molar-refractivity contribution in [2.45, 2.75) is 26.3 Å². The van der Waals surface area contributed by atoms with Crippen LogP contribution in [0.1, 0.15) is 37.4 Å². The van der Waals surface area contributed by atoms with E-state index in [-0.39, 0.29) is 30.3 Å². The largest absolute Gasteiger partial charge is 0.497 e. The summed E-state index contributed by atoms with van der Waals surface area (Å²) in [6, 6.07) is 14.7. The first-order chi connectivity index (χ1) is 15.8. The molecular formula is C25H30ClN3O4. The second kappa shape index (κ2) is 11.3. The summed E-state index contributed by atoms with van der Waals surface area (Å²) in [5, 5.41) is 6.81. The zero-order valence-corrected chi connectivity index (χ0v) is 20.2. The fourth-order valence-electron chi connectivity index (χ4n) is 3.73. The van der Waals surface area contributed by atoms with E-state index in [4.69, 9.17) is 26.2 Å². The molecule has 1 heterocycles. The lowest BCUT2D eigenvalue weighted by atomic mass is 9.98. The smallest absolute Gasteiger partial charge is 0.262 e. The molecule has 0 spiro atoms. The van der Waals surface area contributed by atoms with E-state index in [2.05, 4.69) is 0 Å². The zero-order valence-electron chi connectivity index (χ0n) is 19.5. The van der Waals surface area contributed by atoms with Crippen molar-refractivity contribution in [2.24, 2.45) is 11.0 Å². The van der Waals surface area contributed by atoms with Crippen molar-refractivity contribution in [2.75, 3.05) is 33.9 Å². The van der Waals surface area contributed by atoms with Gasteiger partial charge in [-0.3, -0.25) is 9.59 Å². The summed E-state index contributed by atoms with van der Waals surface area (Å²) in [5.74, 6) is 0.144. The van der Waals surface area contributed by atoms with Gasteiger partial charge in [0, 0.05) is 36.6 Å². The fraction of sp³-hybridized carbons (Fsp3) is 0.400. The predicted molar refractivity (Wildman–Crippen MR) is 128 cm³/mol. The van der Waals surface area contributed by atoms with Gasteiger partial charge in [0.15, 0.2) is 0 Å². The summed E-state index contributed by atoms with van der Waals surface area (Å²) in [4.78, 5) is 27.6. The number of hydrogen-bond acceptors (Lipinski definition) is 5. The number of carbonyl (C=O) groups is 2. The summed E-state index contributed by atoms with van der Waals surface area (Å²) in [6.45, 7) is 4.26. The van der Waals surface area contributed by atoms with Crippen molar-refractivity contribution < 1.29 is 19.1 Å². The Bertz CT molecular complexity index is 1010. The van der Waals surface area contributed by atoms with Crippen molar-refractivity contribution in [1.29, 1.82) is 0 Å². The number of hydrazone groups is 1. The van der Waals surface area contributed by atoms with Gasteiger partial charge in [-0.1, -0.05) is 49.7 Å². The van der Waals surface area contributed by atoms with Crippen molar-refractivity contribution in [3.63, 3.8) is 0 Å². The summed E-state index contributed by atoms with van der Waals surface area (Å²) in [6.07, 6.45) is 0.538. The minimum Gasteiger partial charge on any atom is -0.497 e. The predicted octanol–water partition coefficient (Wildman–Crippen LogP) is 4.16. The topological polar surface area (TPSA) is 71.4 Å². The van der Waals surface area contributed by atoms with Crippen LogP contribution in [-0.2, 0) is 14.3 Å². The molecule has 0 radical (unpaired) electrons. The molecule has 0 N–H and O–H groups in total. The molecule has 0 aromatic heterocycles. The van der Waals surface area contributed by atoms with Crippen LogP contribution in [-0.4, -0.2) is 61.4 Å². The molecule has 1 unspecified atom stereocenters. The highest BCUT2D eigenvalue weighted by Gasteiger charge is 2.34. The van der Waals surface area contributed by atoms with Gasteiger partial charge in [-0.25, -0.2) is 5.01 Å². The molecule has 2 aromatic rings. The molecule has 176 valence electrons. The molecule has 33 heavy (non-hydrogen) atoms. The van der Waals surface area contributed by atoms with Crippen LogP contribution in [0.25, 0.3) is 0 Å². The highest BCUT2D eigenvalue weighted by Crippen LogP contribution is 2.34. The standard InChI is InChI=1S/C25H30ClN3O4/c1-17(2)25(31)28(12-13-32-3)16-24(30)29-23(18-8-10-20(26)11-9-18)15-22(27-29)19-6-5-7-21(14-19)33-4/h5-11,14,17,23H,12-13,15-16H2,1-4H3. The number of carbonyl (C=O) groups excluding carboxylic acids is 2. The van der Waals surface area contributed by atoms with Gasteiger partial charge in [0.2, 0.25) is 5.91 Å². The van der Waals surface area contributed by atoms with Crippen LogP contribution in [0.3, 0.4) is 0 Å². The Morgan fingerprint density at radius 3 is 2.55 bits per heavy atom. The average molecular weight is 472 g/mol. The van der Waals surface area contributed by atoms with Crippen molar-refractivity contribution >= 4 is 29.1 Å². The minimum atomic E-state index is -0.297. The third-order valence-corrected chi connectivity index (χ3v) is 5.77. The Balaban J connectivity index is 1.91. The second-order valence-corrected chi connectivity index (χ2v) is 8.63. The van der Waals surface area contributed by atoms with E-state index in [1.165, 1.54) is 9.91 Å². The van der Waals surface area contributed by atoms with E-state index in [0.29, 0.717) is 24.6 Å². The Labute approximate surface area is 199 Å². The second-order valence-electron chi connectivity index (χ2n) is 8.20. The maximum atomic E-state index is 13.4. The Kier molecular flexibility index (Phi) is 8.47. The third kappa shape index (κ3) is 6.12. The molecule has 0 aliphatic carbocycles. The summed E-state index contributed by atoms with van der Waals surface area (Å²) < 4.78 is 10.5. The van der Waals surface area contributed by atoms with Gasteiger partial charge in [-0.15, -0.1) is 0 Å². The van der Waals surface area contributed by atoms with Crippen LogP contribution in [0.15, 0.2) is 53.6 Å². The maximum Gasteiger partial charge on any atom is 0.262 e. The van der Waals surface area contributed by atoms with Gasteiger partial charge in [-0.2, -0.15) is 5.10 Å². The molecule has 0 fully saturated rings. The van der Waals surface area contributed by atoms with Crippen LogP contribution in [0.5, 0.6) is 5.75 Å². The van der Waals surface area contributed by atoms with Crippen molar-refractivity contribution in [1.82, 2.24) is 9.91 Å². The lowest BCUT2D eigenvalue weighted by Crippen LogP contribution is -2.44. The maximum absolute atomic E-state index is 13.4.